The highest BCUT2D eigenvalue weighted by molar-refractivity contribution is 5.86. The number of rotatable bonds is 5. The maximum absolute atomic E-state index is 12.6. The molecule has 1 aliphatic carbocycles. The van der Waals surface area contributed by atoms with Crippen molar-refractivity contribution in [2.45, 2.75) is 44.7 Å². The van der Waals surface area contributed by atoms with Gasteiger partial charge in [0.25, 0.3) is 0 Å². The fraction of sp³-hybridized carbons (Fsp3) is 0.500. The van der Waals surface area contributed by atoms with E-state index in [1.165, 1.54) is 4.90 Å². The molecular formula is C16H22N2O3. The van der Waals surface area contributed by atoms with Gasteiger partial charge in [-0.15, -0.1) is 0 Å². The molecule has 3 N–H and O–H groups in total. The van der Waals surface area contributed by atoms with Crippen LogP contribution >= 0.6 is 0 Å². The van der Waals surface area contributed by atoms with Gasteiger partial charge in [-0.25, -0.2) is 0 Å². The molecule has 0 spiro atoms. The first-order valence-corrected chi connectivity index (χ1v) is 7.33. The van der Waals surface area contributed by atoms with Crippen LogP contribution in [0.15, 0.2) is 24.3 Å². The van der Waals surface area contributed by atoms with Crippen LogP contribution in [0.4, 0.5) is 0 Å². The first-order chi connectivity index (χ1) is 9.99. The SMILES string of the molecule is Cc1ccc(C(N)C(=O)N(CC(=O)O)C2CCCC2)cc1. The fourth-order valence-corrected chi connectivity index (χ4v) is 2.84. The minimum Gasteiger partial charge on any atom is -0.480 e. The molecule has 5 nitrogen and oxygen atoms in total. The number of carbonyl (C=O) groups is 2. The first-order valence-electron chi connectivity index (χ1n) is 7.33. The number of hydrogen-bond acceptors (Lipinski definition) is 3. The lowest BCUT2D eigenvalue weighted by molar-refractivity contribution is -0.146. The summed E-state index contributed by atoms with van der Waals surface area (Å²) < 4.78 is 0. The Morgan fingerprint density at radius 1 is 1.29 bits per heavy atom. The van der Waals surface area contributed by atoms with Crippen molar-refractivity contribution in [2.24, 2.45) is 5.73 Å². The minimum atomic E-state index is -0.994. The first kappa shape index (κ1) is 15.5. The molecule has 114 valence electrons. The maximum Gasteiger partial charge on any atom is 0.323 e. The third-order valence-electron chi connectivity index (χ3n) is 4.06. The number of carboxylic acid groups (broad SMARTS) is 1. The van der Waals surface area contributed by atoms with Crippen LogP contribution in [-0.4, -0.2) is 34.5 Å². The number of carbonyl (C=O) groups excluding carboxylic acids is 1. The van der Waals surface area contributed by atoms with Crippen molar-refractivity contribution >= 4 is 11.9 Å². The lowest BCUT2D eigenvalue weighted by Crippen LogP contribution is -2.46. The molecule has 1 aromatic carbocycles. The standard InChI is InChI=1S/C16H22N2O3/c1-11-6-8-12(9-7-11)15(17)16(21)18(10-14(19)20)13-4-2-3-5-13/h6-9,13,15H,2-5,10,17H2,1H3,(H,19,20). The molecule has 0 saturated heterocycles. The van der Waals surface area contributed by atoms with Crippen molar-refractivity contribution in [3.8, 4) is 0 Å². The zero-order valence-electron chi connectivity index (χ0n) is 12.3. The molecule has 1 aliphatic rings. The van der Waals surface area contributed by atoms with E-state index in [2.05, 4.69) is 0 Å². The summed E-state index contributed by atoms with van der Waals surface area (Å²) in [4.78, 5) is 25.1. The number of benzene rings is 1. The zero-order valence-corrected chi connectivity index (χ0v) is 12.3. The Morgan fingerprint density at radius 2 is 1.86 bits per heavy atom. The summed E-state index contributed by atoms with van der Waals surface area (Å²) in [5.74, 6) is -1.29. The van der Waals surface area contributed by atoms with Gasteiger partial charge in [0.1, 0.15) is 12.6 Å². The number of nitrogens with zero attached hydrogens (tertiary/aromatic N) is 1. The van der Waals surface area contributed by atoms with Crippen LogP contribution in [0, 0.1) is 6.92 Å². The molecule has 1 saturated carbocycles. The quantitative estimate of drug-likeness (QED) is 0.867. The van der Waals surface area contributed by atoms with Crippen molar-refractivity contribution in [3.63, 3.8) is 0 Å². The average molecular weight is 290 g/mol. The lowest BCUT2D eigenvalue weighted by atomic mass is 10.0. The second kappa shape index (κ2) is 6.72. The second-order valence-electron chi connectivity index (χ2n) is 5.69. The Kier molecular flexibility index (Phi) is 4.96. The normalized spacial score (nSPS) is 16.7. The van der Waals surface area contributed by atoms with Crippen molar-refractivity contribution in [1.82, 2.24) is 4.90 Å². The monoisotopic (exact) mass is 290 g/mol. The fourth-order valence-electron chi connectivity index (χ4n) is 2.84. The third kappa shape index (κ3) is 3.82. The van der Waals surface area contributed by atoms with Crippen molar-refractivity contribution in [3.05, 3.63) is 35.4 Å². The van der Waals surface area contributed by atoms with Crippen molar-refractivity contribution < 1.29 is 14.7 Å². The van der Waals surface area contributed by atoms with Gasteiger partial charge in [-0.1, -0.05) is 42.7 Å². The molecule has 0 heterocycles. The molecule has 21 heavy (non-hydrogen) atoms. The predicted molar refractivity (Wildman–Crippen MR) is 79.7 cm³/mol. The molecule has 5 heteroatoms. The number of hydrogen-bond donors (Lipinski definition) is 2. The molecule has 2 rings (SSSR count). The molecule has 1 amide bonds. The topological polar surface area (TPSA) is 83.6 Å². The minimum absolute atomic E-state index is 0.00472. The van der Waals surface area contributed by atoms with Crippen LogP contribution in [-0.2, 0) is 9.59 Å². The Hall–Kier alpha value is -1.88. The molecular weight excluding hydrogens is 268 g/mol. The average Bonchev–Trinajstić information content (AvgIpc) is 2.98. The summed E-state index contributed by atoms with van der Waals surface area (Å²) in [7, 11) is 0. The van der Waals surface area contributed by atoms with E-state index in [1.54, 1.807) is 0 Å². The van der Waals surface area contributed by atoms with E-state index < -0.39 is 12.0 Å². The van der Waals surface area contributed by atoms with E-state index in [1.807, 2.05) is 31.2 Å². The van der Waals surface area contributed by atoms with E-state index in [-0.39, 0.29) is 18.5 Å². The number of aliphatic carboxylic acids is 1. The van der Waals surface area contributed by atoms with Gasteiger partial charge in [0.05, 0.1) is 0 Å². The summed E-state index contributed by atoms with van der Waals surface area (Å²) >= 11 is 0. The Morgan fingerprint density at radius 3 is 2.38 bits per heavy atom. The Labute approximate surface area is 124 Å². The van der Waals surface area contributed by atoms with E-state index in [0.29, 0.717) is 0 Å². The highest BCUT2D eigenvalue weighted by Gasteiger charge is 2.31. The Bertz CT molecular complexity index is 507. The van der Waals surface area contributed by atoms with Crippen LogP contribution in [0.25, 0.3) is 0 Å². The van der Waals surface area contributed by atoms with Gasteiger partial charge in [0.2, 0.25) is 5.91 Å². The molecule has 0 bridgehead atoms. The number of amides is 1. The van der Waals surface area contributed by atoms with Crippen LogP contribution in [0.3, 0.4) is 0 Å². The van der Waals surface area contributed by atoms with Crippen molar-refractivity contribution in [1.29, 1.82) is 0 Å². The maximum atomic E-state index is 12.6. The zero-order chi connectivity index (χ0) is 15.4. The van der Waals surface area contributed by atoms with Crippen LogP contribution in [0.1, 0.15) is 42.9 Å². The molecule has 0 aliphatic heterocycles. The smallest absolute Gasteiger partial charge is 0.323 e. The van der Waals surface area contributed by atoms with E-state index in [9.17, 15) is 9.59 Å². The number of carboxylic acids is 1. The van der Waals surface area contributed by atoms with Crippen LogP contribution in [0.2, 0.25) is 0 Å². The highest BCUT2D eigenvalue weighted by Crippen LogP contribution is 2.26. The highest BCUT2D eigenvalue weighted by atomic mass is 16.4. The largest absolute Gasteiger partial charge is 0.480 e. The summed E-state index contributed by atoms with van der Waals surface area (Å²) in [6.45, 7) is 1.69. The van der Waals surface area contributed by atoms with Gasteiger partial charge in [-0.2, -0.15) is 0 Å². The predicted octanol–water partition coefficient (Wildman–Crippen LogP) is 1.85. The lowest BCUT2D eigenvalue weighted by Gasteiger charge is -2.30. The molecule has 0 radical (unpaired) electrons. The van der Waals surface area contributed by atoms with Gasteiger partial charge >= 0.3 is 5.97 Å². The second-order valence-corrected chi connectivity index (χ2v) is 5.69. The van der Waals surface area contributed by atoms with Gasteiger partial charge in [0.15, 0.2) is 0 Å². The molecule has 0 aromatic heterocycles. The van der Waals surface area contributed by atoms with Gasteiger partial charge < -0.3 is 15.7 Å². The molecule has 1 unspecified atom stereocenters. The van der Waals surface area contributed by atoms with E-state index >= 15 is 0 Å². The van der Waals surface area contributed by atoms with E-state index in [4.69, 9.17) is 10.8 Å². The molecule has 1 atom stereocenters. The van der Waals surface area contributed by atoms with Gasteiger partial charge in [-0.3, -0.25) is 9.59 Å². The van der Waals surface area contributed by atoms with Crippen molar-refractivity contribution in [2.75, 3.05) is 6.54 Å². The summed E-state index contributed by atoms with van der Waals surface area (Å²) in [5, 5.41) is 9.05. The molecule has 1 fully saturated rings. The molecule has 1 aromatic rings. The van der Waals surface area contributed by atoms with Crippen LogP contribution < -0.4 is 5.73 Å². The summed E-state index contributed by atoms with van der Waals surface area (Å²) in [6.07, 6.45) is 3.79. The third-order valence-corrected chi connectivity index (χ3v) is 4.06. The summed E-state index contributed by atoms with van der Waals surface area (Å²) in [6, 6.07) is 6.66. The van der Waals surface area contributed by atoms with Crippen LogP contribution in [0.5, 0.6) is 0 Å². The van der Waals surface area contributed by atoms with E-state index in [0.717, 1.165) is 36.8 Å². The number of aryl methyl sites for hydroxylation is 1. The number of nitrogens with two attached hydrogens (primary N) is 1. The van der Waals surface area contributed by atoms with Gasteiger partial charge in [-0.05, 0) is 25.3 Å². The Balaban J connectivity index is 2.16. The summed E-state index contributed by atoms with van der Waals surface area (Å²) in [5.41, 5.74) is 7.86. The van der Waals surface area contributed by atoms with Gasteiger partial charge in [0, 0.05) is 6.04 Å².